The number of carbonyl (C=O) groups is 2. The molecule has 10 nitrogen and oxygen atoms in total. The SMILES string of the molecule is C=CC(=O)Nc1cc(NCCO)ccc1C(=O)Nc1cc(CCc2c(Cl)c(OC)cc(OC)c2Cl)[nH]n1. The van der Waals surface area contributed by atoms with E-state index in [1.165, 1.54) is 14.2 Å². The van der Waals surface area contributed by atoms with E-state index in [-0.39, 0.29) is 17.9 Å². The number of aryl methyl sites for hydroxylation is 1. The van der Waals surface area contributed by atoms with Crippen LogP contribution >= 0.6 is 23.2 Å². The van der Waals surface area contributed by atoms with Gasteiger partial charge in [-0.15, -0.1) is 0 Å². The number of aliphatic hydroxyl groups excluding tert-OH is 1. The summed E-state index contributed by atoms with van der Waals surface area (Å²) in [6.07, 6.45) is 2.05. The molecule has 12 heteroatoms. The Hall–Kier alpha value is -3.73. The predicted octanol–water partition coefficient (Wildman–Crippen LogP) is 4.30. The first kappa shape index (κ1) is 27.9. The van der Waals surface area contributed by atoms with Crippen molar-refractivity contribution in [2.75, 3.05) is 43.3 Å². The van der Waals surface area contributed by atoms with Gasteiger partial charge in [0.05, 0.1) is 42.1 Å². The molecule has 0 atom stereocenters. The minimum Gasteiger partial charge on any atom is -0.495 e. The molecule has 0 aliphatic rings. The van der Waals surface area contributed by atoms with E-state index in [9.17, 15) is 9.59 Å². The van der Waals surface area contributed by atoms with Crippen molar-refractivity contribution in [1.29, 1.82) is 0 Å². The van der Waals surface area contributed by atoms with Gasteiger partial charge in [0, 0.05) is 30.1 Å². The van der Waals surface area contributed by atoms with Gasteiger partial charge in [0.1, 0.15) is 11.5 Å². The fourth-order valence-electron chi connectivity index (χ4n) is 3.49. The van der Waals surface area contributed by atoms with Crippen LogP contribution in [0.2, 0.25) is 10.0 Å². The molecule has 0 radical (unpaired) electrons. The first-order valence-electron chi connectivity index (χ1n) is 11.2. The van der Waals surface area contributed by atoms with Gasteiger partial charge in [0.2, 0.25) is 5.91 Å². The summed E-state index contributed by atoms with van der Waals surface area (Å²) in [5.74, 6) is 0.250. The number of halogens is 2. The van der Waals surface area contributed by atoms with Gasteiger partial charge in [-0.05, 0) is 42.7 Å². The van der Waals surface area contributed by atoms with Crippen LogP contribution in [0, 0.1) is 0 Å². The predicted molar refractivity (Wildman–Crippen MR) is 144 cm³/mol. The molecule has 2 amide bonds. The van der Waals surface area contributed by atoms with Crippen LogP contribution in [0.15, 0.2) is 43.0 Å². The number of carbonyl (C=O) groups excluding carboxylic acids is 2. The van der Waals surface area contributed by atoms with Crippen molar-refractivity contribution >= 4 is 52.2 Å². The van der Waals surface area contributed by atoms with Crippen LogP contribution in [0.4, 0.5) is 17.2 Å². The second kappa shape index (κ2) is 13.0. The Morgan fingerprint density at radius 2 is 1.78 bits per heavy atom. The Kier molecular flexibility index (Phi) is 9.78. The maximum Gasteiger partial charge on any atom is 0.258 e. The Morgan fingerprint density at radius 1 is 1.08 bits per heavy atom. The second-order valence-electron chi connectivity index (χ2n) is 7.72. The van der Waals surface area contributed by atoms with Crippen molar-refractivity contribution in [3.05, 3.63) is 69.9 Å². The van der Waals surface area contributed by atoms with E-state index in [0.717, 1.165) is 11.8 Å². The summed E-state index contributed by atoms with van der Waals surface area (Å²) in [5.41, 5.74) is 2.51. The van der Waals surface area contributed by atoms with Crippen LogP contribution in [0.3, 0.4) is 0 Å². The van der Waals surface area contributed by atoms with Crippen molar-refractivity contribution < 1.29 is 24.2 Å². The Labute approximate surface area is 224 Å². The van der Waals surface area contributed by atoms with Gasteiger partial charge in [-0.1, -0.05) is 29.8 Å². The molecule has 2 aromatic carbocycles. The molecule has 0 spiro atoms. The molecule has 37 heavy (non-hydrogen) atoms. The van der Waals surface area contributed by atoms with Crippen molar-refractivity contribution in [1.82, 2.24) is 10.2 Å². The molecule has 1 aromatic heterocycles. The molecular weight excluding hydrogens is 521 g/mol. The average Bonchev–Trinajstić information content (AvgIpc) is 3.34. The minimum absolute atomic E-state index is 0.0676. The molecule has 5 N–H and O–H groups in total. The van der Waals surface area contributed by atoms with Crippen molar-refractivity contribution in [3.8, 4) is 11.5 Å². The number of aromatic nitrogens is 2. The van der Waals surface area contributed by atoms with Crippen LogP contribution < -0.4 is 25.4 Å². The summed E-state index contributed by atoms with van der Waals surface area (Å²) in [7, 11) is 3.02. The minimum atomic E-state index is -0.477. The van der Waals surface area contributed by atoms with Crippen molar-refractivity contribution in [3.63, 3.8) is 0 Å². The summed E-state index contributed by atoms with van der Waals surface area (Å²) >= 11 is 12.9. The quantitative estimate of drug-likeness (QED) is 0.213. The normalized spacial score (nSPS) is 10.5. The van der Waals surface area contributed by atoms with Crippen LogP contribution in [0.5, 0.6) is 11.5 Å². The summed E-state index contributed by atoms with van der Waals surface area (Å²) < 4.78 is 10.6. The third kappa shape index (κ3) is 6.94. The third-order valence-corrected chi connectivity index (χ3v) is 6.16. The Balaban J connectivity index is 1.74. The zero-order chi connectivity index (χ0) is 26.9. The van der Waals surface area contributed by atoms with Crippen LogP contribution in [0.25, 0.3) is 0 Å². The number of anilines is 3. The van der Waals surface area contributed by atoms with Gasteiger partial charge in [0.15, 0.2) is 5.82 Å². The zero-order valence-corrected chi connectivity index (χ0v) is 21.8. The highest BCUT2D eigenvalue weighted by Crippen LogP contribution is 2.40. The molecule has 0 fully saturated rings. The fraction of sp³-hybridized carbons (Fsp3) is 0.240. The van der Waals surface area contributed by atoms with Gasteiger partial charge in [-0.25, -0.2) is 0 Å². The number of nitrogens with zero attached hydrogens (tertiary/aromatic N) is 1. The van der Waals surface area contributed by atoms with Gasteiger partial charge in [-0.2, -0.15) is 5.10 Å². The number of benzene rings is 2. The van der Waals surface area contributed by atoms with E-state index in [4.69, 9.17) is 37.8 Å². The molecule has 0 saturated heterocycles. The monoisotopic (exact) mass is 547 g/mol. The molecule has 3 rings (SSSR count). The lowest BCUT2D eigenvalue weighted by Crippen LogP contribution is -2.17. The maximum atomic E-state index is 13.0. The first-order valence-corrected chi connectivity index (χ1v) is 11.9. The molecule has 0 aliphatic carbocycles. The van der Waals surface area contributed by atoms with E-state index in [2.05, 4.69) is 32.7 Å². The number of nitrogens with one attached hydrogen (secondary N) is 4. The molecule has 1 heterocycles. The summed E-state index contributed by atoms with van der Waals surface area (Å²) in [6, 6.07) is 8.13. The number of aromatic amines is 1. The number of hydrogen-bond donors (Lipinski definition) is 5. The smallest absolute Gasteiger partial charge is 0.258 e. The van der Waals surface area contributed by atoms with Gasteiger partial charge in [-0.3, -0.25) is 14.7 Å². The standard InChI is InChI=1S/C25H27Cl2N5O5/c1-4-22(34)29-18-11-14(28-9-10-33)5-7-16(18)25(35)30-21-12-15(31-32-21)6-8-17-23(26)19(36-2)13-20(37-3)24(17)27/h4-5,7,11-13,28,33H,1,6,8-10H2,2-3H3,(H,29,34)(H2,30,31,32,35). The number of H-pyrrole nitrogens is 1. The molecule has 0 saturated carbocycles. The second-order valence-corrected chi connectivity index (χ2v) is 8.48. The molecule has 196 valence electrons. The molecule has 3 aromatic rings. The molecule has 0 unspecified atom stereocenters. The number of ether oxygens (including phenoxy) is 2. The number of rotatable bonds is 12. The zero-order valence-electron chi connectivity index (χ0n) is 20.3. The summed E-state index contributed by atoms with van der Waals surface area (Å²) in [4.78, 5) is 24.9. The highest BCUT2D eigenvalue weighted by Gasteiger charge is 2.18. The van der Waals surface area contributed by atoms with Crippen LogP contribution in [-0.4, -0.2) is 54.5 Å². The highest BCUT2D eigenvalue weighted by molar-refractivity contribution is 6.37. The number of methoxy groups -OCH3 is 2. The lowest BCUT2D eigenvalue weighted by Gasteiger charge is -2.14. The van der Waals surface area contributed by atoms with E-state index in [0.29, 0.717) is 58.0 Å². The Morgan fingerprint density at radius 3 is 2.41 bits per heavy atom. The summed E-state index contributed by atoms with van der Waals surface area (Å²) in [6.45, 7) is 3.68. The molecular formula is C25H27Cl2N5O5. The van der Waals surface area contributed by atoms with Gasteiger partial charge in [0.25, 0.3) is 5.91 Å². The van der Waals surface area contributed by atoms with Crippen LogP contribution in [-0.2, 0) is 17.6 Å². The highest BCUT2D eigenvalue weighted by atomic mass is 35.5. The van der Waals surface area contributed by atoms with Gasteiger partial charge < -0.3 is 30.5 Å². The van der Waals surface area contributed by atoms with E-state index >= 15 is 0 Å². The topological polar surface area (TPSA) is 138 Å². The number of aliphatic hydroxyl groups is 1. The van der Waals surface area contributed by atoms with Crippen molar-refractivity contribution in [2.45, 2.75) is 12.8 Å². The van der Waals surface area contributed by atoms with E-state index in [1.54, 1.807) is 30.3 Å². The fourth-order valence-corrected chi connectivity index (χ4v) is 4.18. The number of amides is 2. The maximum absolute atomic E-state index is 13.0. The number of hydrogen-bond acceptors (Lipinski definition) is 7. The van der Waals surface area contributed by atoms with Crippen LogP contribution in [0.1, 0.15) is 21.6 Å². The molecule has 0 bridgehead atoms. The summed E-state index contributed by atoms with van der Waals surface area (Å²) in [5, 5.41) is 25.2. The molecule has 0 aliphatic heterocycles. The largest absolute Gasteiger partial charge is 0.495 e. The van der Waals surface area contributed by atoms with E-state index < -0.39 is 11.8 Å². The Bertz CT molecular complexity index is 1270. The lowest BCUT2D eigenvalue weighted by atomic mass is 10.1. The average molecular weight is 548 g/mol. The van der Waals surface area contributed by atoms with Gasteiger partial charge >= 0.3 is 0 Å². The van der Waals surface area contributed by atoms with E-state index in [1.807, 2.05) is 0 Å². The van der Waals surface area contributed by atoms with Crippen molar-refractivity contribution in [2.24, 2.45) is 0 Å². The first-order chi connectivity index (χ1) is 17.8. The third-order valence-electron chi connectivity index (χ3n) is 5.33. The lowest BCUT2D eigenvalue weighted by molar-refractivity contribution is -0.111.